The molecule has 1 aromatic carbocycles. The van der Waals surface area contributed by atoms with Gasteiger partial charge in [-0.25, -0.2) is 14.2 Å². The number of urea groups is 1. The Morgan fingerprint density at radius 1 is 1.30 bits per heavy atom. The molecule has 2 aromatic heterocycles. The molecular weight excluding hydrogens is 347 g/mol. The first kappa shape index (κ1) is 18.7. The molecule has 3 rings (SSSR count). The Morgan fingerprint density at radius 2 is 2.19 bits per heavy atom. The number of halogens is 1. The van der Waals surface area contributed by atoms with Crippen LogP contribution in [0.1, 0.15) is 30.5 Å². The molecule has 0 aliphatic rings. The highest BCUT2D eigenvalue weighted by Gasteiger charge is 2.18. The third-order valence-corrected chi connectivity index (χ3v) is 4.12. The maximum absolute atomic E-state index is 13.4. The minimum atomic E-state index is -0.271. The zero-order chi connectivity index (χ0) is 19.1. The Bertz CT molecular complexity index is 861. The van der Waals surface area contributed by atoms with Gasteiger partial charge in [0.05, 0.1) is 19.4 Å². The van der Waals surface area contributed by atoms with Gasteiger partial charge in [-0.05, 0) is 36.2 Å². The Hall–Kier alpha value is -3.09. The van der Waals surface area contributed by atoms with Gasteiger partial charge in [0.15, 0.2) is 0 Å². The summed E-state index contributed by atoms with van der Waals surface area (Å²) in [5.74, 6) is 1.15. The van der Waals surface area contributed by atoms with Crippen molar-refractivity contribution in [3.63, 3.8) is 0 Å². The number of carbonyl (C=O) groups is 1. The monoisotopic (exact) mass is 370 g/mol. The van der Waals surface area contributed by atoms with E-state index in [1.807, 2.05) is 29.8 Å². The summed E-state index contributed by atoms with van der Waals surface area (Å²) in [6, 6.07) is 9.92. The minimum absolute atomic E-state index is 0.173. The van der Waals surface area contributed by atoms with Crippen molar-refractivity contribution >= 4 is 6.03 Å². The van der Waals surface area contributed by atoms with Crippen LogP contribution in [0.15, 0.2) is 59.5 Å². The number of imidazole rings is 1. The van der Waals surface area contributed by atoms with E-state index in [4.69, 9.17) is 4.42 Å². The van der Waals surface area contributed by atoms with E-state index >= 15 is 0 Å². The van der Waals surface area contributed by atoms with Crippen molar-refractivity contribution in [2.75, 3.05) is 6.54 Å². The molecule has 6 nitrogen and oxygen atoms in total. The standard InChI is InChI=1S/C20H23FN4O2/c1-2-8-23-20(26)25(14-18-7-4-11-27-18)15-19-22-9-10-24(19)13-16-5-3-6-17(21)12-16/h3-7,9-12H,2,8,13-15H2,1H3,(H,23,26). The highest BCUT2D eigenvalue weighted by Crippen LogP contribution is 2.13. The number of hydrogen-bond acceptors (Lipinski definition) is 3. The van der Waals surface area contributed by atoms with Crippen molar-refractivity contribution in [2.24, 2.45) is 0 Å². The normalized spacial score (nSPS) is 10.7. The van der Waals surface area contributed by atoms with Gasteiger partial charge in [-0.3, -0.25) is 0 Å². The molecule has 0 saturated carbocycles. The van der Waals surface area contributed by atoms with E-state index in [9.17, 15) is 9.18 Å². The van der Waals surface area contributed by atoms with Crippen molar-refractivity contribution in [3.05, 3.63) is 78.0 Å². The van der Waals surface area contributed by atoms with Gasteiger partial charge in [0, 0.05) is 25.5 Å². The third kappa shape index (κ3) is 5.20. The Kier molecular flexibility index (Phi) is 6.25. The van der Waals surface area contributed by atoms with Crippen LogP contribution in [0.3, 0.4) is 0 Å². The van der Waals surface area contributed by atoms with Gasteiger partial charge in [0.1, 0.15) is 17.4 Å². The second kappa shape index (κ2) is 9.02. The maximum atomic E-state index is 13.4. The summed E-state index contributed by atoms with van der Waals surface area (Å²) in [7, 11) is 0. The highest BCUT2D eigenvalue weighted by molar-refractivity contribution is 5.74. The molecule has 0 aliphatic heterocycles. The van der Waals surface area contributed by atoms with Crippen LogP contribution in [0, 0.1) is 5.82 Å². The average Bonchev–Trinajstić information content (AvgIpc) is 3.31. The first-order chi connectivity index (χ1) is 13.2. The van der Waals surface area contributed by atoms with Crippen molar-refractivity contribution in [2.45, 2.75) is 33.0 Å². The molecule has 1 N–H and O–H groups in total. The quantitative estimate of drug-likeness (QED) is 0.656. The number of nitrogens with one attached hydrogen (secondary N) is 1. The molecular formula is C20H23FN4O2. The number of amides is 2. The van der Waals surface area contributed by atoms with Gasteiger partial charge in [0.25, 0.3) is 0 Å². The van der Waals surface area contributed by atoms with Gasteiger partial charge >= 0.3 is 6.03 Å². The van der Waals surface area contributed by atoms with Crippen LogP contribution >= 0.6 is 0 Å². The summed E-state index contributed by atoms with van der Waals surface area (Å²) >= 11 is 0. The van der Waals surface area contributed by atoms with E-state index in [0.29, 0.717) is 31.9 Å². The zero-order valence-corrected chi connectivity index (χ0v) is 15.3. The van der Waals surface area contributed by atoms with E-state index in [-0.39, 0.29) is 11.8 Å². The lowest BCUT2D eigenvalue weighted by Gasteiger charge is -2.22. The lowest BCUT2D eigenvalue weighted by molar-refractivity contribution is 0.185. The van der Waals surface area contributed by atoms with Crippen LogP contribution in [-0.2, 0) is 19.6 Å². The fraction of sp³-hybridized carbons (Fsp3) is 0.300. The Labute approximate surface area is 157 Å². The van der Waals surface area contributed by atoms with E-state index in [2.05, 4.69) is 10.3 Å². The van der Waals surface area contributed by atoms with Crippen molar-refractivity contribution in [1.29, 1.82) is 0 Å². The molecule has 0 unspecified atom stereocenters. The minimum Gasteiger partial charge on any atom is -0.467 e. The second-order valence-corrected chi connectivity index (χ2v) is 6.27. The summed E-state index contributed by atoms with van der Waals surface area (Å²) in [6.07, 6.45) is 5.95. The largest absolute Gasteiger partial charge is 0.467 e. The Balaban J connectivity index is 1.75. The number of carbonyl (C=O) groups excluding carboxylic acids is 1. The van der Waals surface area contributed by atoms with Gasteiger partial charge in [-0.1, -0.05) is 19.1 Å². The van der Waals surface area contributed by atoms with Crippen LogP contribution in [0.5, 0.6) is 0 Å². The molecule has 0 fully saturated rings. The molecule has 0 saturated heterocycles. The van der Waals surface area contributed by atoms with E-state index in [1.54, 1.807) is 29.5 Å². The fourth-order valence-electron chi connectivity index (χ4n) is 2.77. The first-order valence-electron chi connectivity index (χ1n) is 8.95. The molecule has 3 aromatic rings. The molecule has 2 heterocycles. The highest BCUT2D eigenvalue weighted by atomic mass is 19.1. The maximum Gasteiger partial charge on any atom is 0.318 e. The van der Waals surface area contributed by atoms with Gasteiger partial charge < -0.3 is 19.2 Å². The van der Waals surface area contributed by atoms with Crippen LogP contribution in [0.25, 0.3) is 0 Å². The van der Waals surface area contributed by atoms with E-state index in [0.717, 1.165) is 17.8 Å². The average molecular weight is 370 g/mol. The molecule has 0 radical (unpaired) electrons. The topological polar surface area (TPSA) is 63.3 Å². The molecule has 142 valence electrons. The van der Waals surface area contributed by atoms with Gasteiger partial charge in [-0.2, -0.15) is 0 Å². The van der Waals surface area contributed by atoms with E-state index in [1.165, 1.54) is 12.1 Å². The first-order valence-corrected chi connectivity index (χ1v) is 8.95. The summed E-state index contributed by atoms with van der Waals surface area (Å²) in [5.41, 5.74) is 0.835. The number of furan rings is 1. The van der Waals surface area contributed by atoms with Crippen LogP contribution in [-0.4, -0.2) is 27.0 Å². The van der Waals surface area contributed by atoms with Gasteiger partial charge in [-0.15, -0.1) is 0 Å². The zero-order valence-electron chi connectivity index (χ0n) is 15.3. The second-order valence-electron chi connectivity index (χ2n) is 6.27. The summed E-state index contributed by atoms with van der Waals surface area (Å²) < 4.78 is 20.7. The van der Waals surface area contributed by atoms with Crippen molar-refractivity contribution < 1.29 is 13.6 Å². The number of rotatable bonds is 8. The van der Waals surface area contributed by atoms with Crippen LogP contribution < -0.4 is 5.32 Å². The number of nitrogens with zero attached hydrogens (tertiary/aromatic N) is 3. The molecule has 7 heteroatoms. The lowest BCUT2D eigenvalue weighted by Crippen LogP contribution is -2.40. The lowest BCUT2D eigenvalue weighted by atomic mass is 10.2. The predicted octanol–water partition coefficient (Wildman–Crippen LogP) is 3.79. The van der Waals surface area contributed by atoms with E-state index < -0.39 is 0 Å². The van der Waals surface area contributed by atoms with Crippen LogP contribution in [0.4, 0.5) is 9.18 Å². The number of aromatic nitrogens is 2. The molecule has 0 atom stereocenters. The predicted molar refractivity (Wildman–Crippen MR) is 99.4 cm³/mol. The molecule has 0 spiro atoms. The van der Waals surface area contributed by atoms with Crippen LogP contribution in [0.2, 0.25) is 0 Å². The third-order valence-electron chi connectivity index (χ3n) is 4.12. The fourth-order valence-corrected chi connectivity index (χ4v) is 2.77. The summed E-state index contributed by atoms with van der Waals surface area (Å²) in [5, 5.41) is 2.89. The summed E-state index contributed by atoms with van der Waals surface area (Å²) in [4.78, 5) is 18.6. The van der Waals surface area contributed by atoms with Crippen molar-refractivity contribution in [1.82, 2.24) is 19.8 Å². The molecule has 0 aliphatic carbocycles. The molecule has 2 amide bonds. The number of benzene rings is 1. The Morgan fingerprint density at radius 3 is 2.93 bits per heavy atom. The molecule has 27 heavy (non-hydrogen) atoms. The number of hydrogen-bond donors (Lipinski definition) is 1. The van der Waals surface area contributed by atoms with Gasteiger partial charge in [0.2, 0.25) is 0 Å². The summed E-state index contributed by atoms with van der Waals surface area (Å²) in [6.45, 7) is 3.75. The SMILES string of the molecule is CCCNC(=O)N(Cc1ccco1)Cc1nccn1Cc1cccc(F)c1. The smallest absolute Gasteiger partial charge is 0.318 e. The van der Waals surface area contributed by atoms with Crippen molar-refractivity contribution in [3.8, 4) is 0 Å². The molecule has 0 bridgehead atoms.